The van der Waals surface area contributed by atoms with Crippen LogP contribution in [0.3, 0.4) is 0 Å². The summed E-state index contributed by atoms with van der Waals surface area (Å²) in [6.07, 6.45) is 0. The Bertz CT molecular complexity index is 699. The second kappa shape index (κ2) is 5.19. The van der Waals surface area contributed by atoms with Crippen LogP contribution in [-0.2, 0) is 0 Å². The molecule has 0 saturated carbocycles. The summed E-state index contributed by atoms with van der Waals surface area (Å²) >= 11 is 3.36. The van der Waals surface area contributed by atoms with Gasteiger partial charge in [0.2, 0.25) is 0 Å². The number of hydrogen-bond donors (Lipinski definition) is 1. The Kier molecular flexibility index (Phi) is 3.40. The second-order valence-electron chi connectivity index (χ2n) is 4.43. The molecule has 1 atom stereocenters. The molecule has 19 heavy (non-hydrogen) atoms. The van der Waals surface area contributed by atoms with Gasteiger partial charge in [-0.2, -0.15) is 0 Å². The first-order valence-electron chi connectivity index (χ1n) is 6.20. The number of hydrogen-bond acceptors (Lipinski definition) is 2. The summed E-state index contributed by atoms with van der Waals surface area (Å²) in [6, 6.07) is 18.7. The van der Waals surface area contributed by atoms with Crippen LogP contribution in [0.4, 0.5) is 0 Å². The lowest BCUT2D eigenvalue weighted by molar-refractivity contribution is 0.448. The summed E-state index contributed by atoms with van der Waals surface area (Å²) in [4.78, 5) is 0. The van der Waals surface area contributed by atoms with Crippen molar-refractivity contribution in [3.63, 3.8) is 0 Å². The van der Waals surface area contributed by atoms with Crippen molar-refractivity contribution in [2.75, 3.05) is 7.05 Å². The van der Waals surface area contributed by atoms with Gasteiger partial charge in [0.15, 0.2) is 4.67 Å². The molecule has 0 aliphatic carbocycles. The van der Waals surface area contributed by atoms with Gasteiger partial charge in [-0.15, -0.1) is 0 Å². The Morgan fingerprint density at radius 2 is 1.79 bits per heavy atom. The Labute approximate surface area is 120 Å². The predicted octanol–water partition coefficient (Wildman–Crippen LogP) is 4.50. The van der Waals surface area contributed by atoms with E-state index in [9.17, 15) is 0 Å². The van der Waals surface area contributed by atoms with Crippen molar-refractivity contribution in [1.82, 2.24) is 5.32 Å². The summed E-state index contributed by atoms with van der Waals surface area (Å²) in [6.45, 7) is 0. The lowest BCUT2D eigenvalue weighted by atomic mass is 9.97. The van der Waals surface area contributed by atoms with Crippen LogP contribution < -0.4 is 5.32 Å². The minimum atomic E-state index is 0.0531. The van der Waals surface area contributed by atoms with E-state index in [2.05, 4.69) is 63.7 Å². The van der Waals surface area contributed by atoms with Gasteiger partial charge in [-0.25, -0.2) is 0 Å². The van der Waals surface area contributed by atoms with Crippen molar-refractivity contribution in [2.45, 2.75) is 6.04 Å². The average Bonchev–Trinajstić information content (AvgIpc) is 2.86. The molecule has 0 aliphatic rings. The third-order valence-electron chi connectivity index (χ3n) is 3.30. The Morgan fingerprint density at radius 1 is 1.00 bits per heavy atom. The smallest absolute Gasteiger partial charge is 0.169 e. The van der Waals surface area contributed by atoms with E-state index in [0.29, 0.717) is 0 Å². The first kappa shape index (κ1) is 12.5. The highest BCUT2D eigenvalue weighted by Crippen LogP contribution is 2.30. The molecule has 0 fully saturated rings. The molecule has 2 nitrogen and oxygen atoms in total. The molecule has 0 radical (unpaired) electrons. The van der Waals surface area contributed by atoms with E-state index in [4.69, 9.17) is 4.42 Å². The quantitative estimate of drug-likeness (QED) is 0.769. The fraction of sp³-hybridized carbons (Fsp3) is 0.125. The predicted molar refractivity (Wildman–Crippen MR) is 81.3 cm³/mol. The summed E-state index contributed by atoms with van der Waals surface area (Å²) in [5.41, 5.74) is 1.22. The van der Waals surface area contributed by atoms with Gasteiger partial charge in [0, 0.05) is 0 Å². The second-order valence-corrected chi connectivity index (χ2v) is 5.21. The van der Waals surface area contributed by atoms with Gasteiger partial charge in [-0.3, -0.25) is 0 Å². The maximum absolute atomic E-state index is 5.69. The summed E-state index contributed by atoms with van der Waals surface area (Å²) in [7, 11) is 1.95. The standard InChI is InChI=1S/C16H14BrNO/c1-18-16(14-9-10-15(17)19-14)13-8-4-6-11-5-2-3-7-12(11)13/h2-10,16,18H,1H3. The van der Waals surface area contributed by atoms with Crippen LogP contribution in [0.2, 0.25) is 0 Å². The Balaban J connectivity index is 2.16. The monoisotopic (exact) mass is 315 g/mol. The zero-order valence-electron chi connectivity index (χ0n) is 10.6. The zero-order valence-corrected chi connectivity index (χ0v) is 12.1. The van der Waals surface area contributed by atoms with E-state index in [-0.39, 0.29) is 6.04 Å². The highest BCUT2D eigenvalue weighted by Gasteiger charge is 2.17. The van der Waals surface area contributed by atoms with E-state index in [0.717, 1.165) is 10.4 Å². The molecule has 0 spiro atoms. The number of fused-ring (bicyclic) bond motifs is 1. The first-order chi connectivity index (χ1) is 9.29. The third-order valence-corrected chi connectivity index (χ3v) is 3.73. The van der Waals surface area contributed by atoms with Crippen molar-refractivity contribution in [1.29, 1.82) is 0 Å². The van der Waals surface area contributed by atoms with E-state index in [1.807, 2.05) is 19.2 Å². The molecular formula is C16H14BrNO. The van der Waals surface area contributed by atoms with Crippen LogP contribution >= 0.6 is 15.9 Å². The minimum Gasteiger partial charge on any atom is -0.452 e. The molecule has 1 N–H and O–H groups in total. The normalized spacial score (nSPS) is 12.7. The van der Waals surface area contributed by atoms with E-state index in [1.54, 1.807) is 0 Å². The first-order valence-corrected chi connectivity index (χ1v) is 6.99. The Hall–Kier alpha value is -1.58. The molecule has 0 amide bonds. The number of benzene rings is 2. The molecule has 1 unspecified atom stereocenters. The lowest BCUT2D eigenvalue weighted by Gasteiger charge is -2.16. The molecule has 3 aromatic rings. The van der Waals surface area contributed by atoms with Crippen LogP contribution in [0.5, 0.6) is 0 Å². The maximum atomic E-state index is 5.69. The minimum absolute atomic E-state index is 0.0531. The van der Waals surface area contributed by atoms with Crippen LogP contribution in [0.1, 0.15) is 17.4 Å². The molecule has 96 valence electrons. The topological polar surface area (TPSA) is 25.2 Å². The summed E-state index contributed by atoms with van der Waals surface area (Å²) in [5, 5.41) is 5.81. The molecule has 1 heterocycles. The lowest BCUT2D eigenvalue weighted by Crippen LogP contribution is -2.17. The van der Waals surface area contributed by atoms with Gasteiger partial charge in [0.25, 0.3) is 0 Å². The van der Waals surface area contributed by atoms with Crippen molar-refractivity contribution >= 4 is 26.7 Å². The number of nitrogens with one attached hydrogen (secondary N) is 1. The van der Waals surface area contributed by atoms with E-state index >= 15 is 0 Å². The molecule has 3 heteroatoms. The zero-order chi connectivity index (χ0) is 13.2. The molecule has 2 aromatic carbocycles. The SMILES string of the molecule is CNC(c1ccc(Br)o1)c1cccc2ccccc12. The van der Waals surface area contributed by atoms with Crippen LogP contribution in [0.15, 0.2) is 63.7 Å². The van der Waals surface area contributed by atoms with Crippen molar-refractivity contribution in [3.8, 4) is 0 Å². The van der Waals surface area contributed by atoms with Crippen molar-refractivity contribution < 1.29 is 4.42 Å². The fourth-order valence-corrected chi connectivity index (χ4v) is 2.76. The van der Waals surface area contributed by atoms with E-state index in [1.165, 1.54) is 16.3 Å². The summed E-state index contributed by atoms with van der Waals surface area (Å²) < 4.78 is 6.45. The molecule has 3 rings (SSSR count). The molecule has 0 saturated heterocycles. The van der Waals surface area contributed by atoms with Gasteiger partial charge >= 0.3 is 0 Å². The van der Waals surface area contributed by atoms with Gasteiger partial charge < -0.3 is 9.73 Å². The van der Waals surface area contributed by atoms with Crippen LogP contribution in [-0.4, -0.2) is 7.05 Å². The van der Waals surface area contributed by atoms with Gasteiger partial charge in [0.1, 0.15) is 5.76 Å². The van der Waals surface area contributed by atoms with E-state index < -0.39 is 0 Å². The number of halogens is 1. The third kappa shape index (κ3) is 2.31. The molecule has 0 aliphatic heterocycles. The highest BCUT2D eigenvalue weighted by atomic mass is 79.9. The average molecular weight is 316 g/mol. The highest BCUT2D eigenvalue weighted by molar-refractivity contribution is 9.10. The molecule has 0 bridgehead atoms. The van der Waals surface area contributed by atoms with Crippen molar-refractivity contribution in [3.05, 3.63) is 70.6 Å². The summed E-state index contributed by atoms with van der Waals surface area (Å²) in [5.74, 6) is 0.908. The van der Waals surface area contributed by atoms with Gasteiger partial charge in [-0.1, -0.05) is 42.5 Å². The van der Waals surface area contributed by atoms with Crippen LogP contribution in [0, 0.1) is 0 Å². The van der Waals surface area contributed by atoms with Crippen LogP contribution in [0.25, 0.3) is 10.8 Å². The molecule has 1 aromatic heterocycles. The van der Waals surface area contributed by atoms with Crippen molar-refractivity contribution in [2.24, 2.45) is 0 Å². The maximum Gasteiger partial charge on any atom is 0.169 e. The van der Waals surface area contributed by atoms with Gasteiger partial charge in [-0.05, 0) is 51.4 Å². The van der Waals surface area contributed by atoms with Gasteiger partial charge in [0.05, 0.1) is 6.04 Å². The molecular weight excluding hydrogens is 302 g/mol. The largest absolute Gasteiger partial charge is 0.452 e. The number of furan rings is 1. The Morgan fingerprint density at radius 3 is 2.53 bits per heavy atom. The number of rotatable bonds is 3. The fourth-order valence-electron chi connectivity index (χ4n) is 2.44.